The molecule has 1 fully saturated rings. The molecule has 0 saturated carbocycles. The monoisotopic (exact) mass is 271 g/mol. The summed E-state index contributed by atoms with van der Waals surface area (Å²) >= 11 is 6.58. The predicted octanol–water partition coefficient (Wildman–Crippen LogP) is 1.98. The summed E-state index contributed by atoms with van der Waals surface area (Å²) < 4.78 is 0.761. The van der Waals surface area contributed by atoms with Gasteiger partial charge in [-0.05, 0) is 18.6 Å². The summed E-state index contributed by atoms with van der Waals surface area (Å²) in [6, 6.07) is 0. The SMILES string of the molecule is CN1CCCN(Cc2c[nH]c(=S)s2)/C1=N/N=O. The molecule has 2 rings (SSSR count). The van der Waals surface area contributed by atoms with Crippen LogP contribution in [0, 0.1) is 8.86 Å². The second kappa shape index (κ2) is 5.37. The van der Waals surface area contributed by atoms with Gasteiger partial charge in [-0.15, -0.1) is 16.2 Å². The maximum Gasteiger partial charge on any atom is 0.225 e. The quantitative estimate of drug-likeness (QED) is 0.519. The first-order chi connectivity index (χ1) is 8.20. The Morgan fingerprint density at radius 2 is 2.41 bits per heavy atom. The summed E-state index contributed by atoms with van der Waals surface area (Å²) in [7, 11) is 1.91. The molecule has 17 heavy (non-hydrogen) atoms. The summed E-state index contributed by atoms with van der Waals surface area (Å²) in [4.78, 5) is 18.4. The Bertz CT molecular complexity index is 480. The van der Waals surface area contributed by atoms with E-state index in [1.807, 2.05) is 23.0 Å². The Balaban J connectivity index is 2.15. The zero-order chi connectivity index (χ0) is 12.3. The first-order valence-corrected chi connectivity index (χ1v) is 6.47. The van der Waals surface area contributed by atoms with Crippen LogP contribution in [-0.4, -0.2) is 40.9 Å². The van der Waals surface area contributed by atoms with Crippen molar-refractivity contribution in [3.05, 3.63) is 19.9 Å². The molecule has 1 aliphatic heterocycles. The highest BCUT2D eigenvalue weighted by Gasteiger charge is 2.21. The molecule has 0 radical (unpaired) electrons. The lowest BCUT2D eigenvalue weighted by Gasteiger charge is -2.35. The van der Waals surface area contributed by atoms with Gasteiger partial charge in [0.05, 0.1) is 11.8 Å². The minimum atomic E-state index is 0.630. The molecule has 1 saturated heterocycles. The van der Waals surface area contributed by atoms with Crippen LogP contribution in [0.15, 0.2) is 16.6 Å². The van der Waals surface area contributed by atoms with Gasteiger partial charge in [-0.2, -0.15) is 0 Å². The number of hydrogen-bond donors (Lipinski definition) is 1. The molecule has 0 amide bonds. The van der Waals surface area contributed by atoms with Crippen molar-refractivity contribution in [1.29, 1.82) is 0 Å². The van der Waals surface area contributed by atoms with Gasteiger partial charge in [0.25, 0.3) is 0 Å². The zero-order valence-corrected chi connectivity index (χ0v) is 11.1. The third-order valence-electron chi connectivity index (χ3n) is 2.60. The summed E-state index contributed by atoms with van der Waals surface area (Å²) in [6.07, 6.45) is 2.94. The Morgan fingerprint density at radius 1 is 1.59 bits per heavy atom. The molecule has 0 spiro atoms. The van der Waals surface area contributed by atoms with E-state index in [4.69, 9.17) is 12.2 Å². The van der Waals surface area contributed by atoms with Crippen LogP contribution in [0.2, 0.25) is 0 Å². The number of guanidine groups is 1. The summed E-state index contributed by atoms with van der Waals surface area (Å²) in [6.45, 7) is 2.48. The van der Waals surface area contributed by atoms with Gasteiger partial charge in [0.2, 0.25) is 5.96 Å². The molecular weight excluding hydrogens is 258 g/mol. The fraction of sp³-hybridized carbons (Fsp3) is 0.556. The second-order valence-corrected chi connectivity index (χ2v) is 5.63. The van der Waals surface area contributed by atoms with Gasteiger partial charge >= 0.3 is 0 Å². The summed E-state index contributed by atoms with van der Waals surface area (Å²) in [5.74, 6) is 0.630. The van der Waals surface area contributed by atoms with Gasteiger partial charge < -0.3 is 14.8 Å². The molecule has 1 aromatic heterocycles. The van der Waals surface area contributed by atoms with Crippen molar-refractivity contribution in [2.24, 2.45) is 10.4 Å². The Morgan fingerprint density at radius 3 is 3.06 bits per heavy atom. The third-order valence-corrected chi connectivity index (χ3v) is 3.78. The summed E-state index contributed by atoms with van der Waals surface area (Å²) in [5.41, 5.74) is 0. The van der Waals surface area contributed by atoms with Crippen molar-refractivity contribution < 1.29 is 0 Å². The highest BCUT2D eigenvalue weighted by molar-refractivity contribution is 7.73. The first kappa shape index (κ1) is 12.2. The fourth-order valence-electron chi connectivity index (χ4n) is 1.85. The normalized spacial score (nSPS) is 18.8. The predicted molar refractivity (Wildman–Crippen MR) is 70.4 cm³/mol. The van der Waals surface area contributed by atoms with E-state index < -0.39 is 0 Å². The lowest BCUT2D eigenvalue weighted by molar-refractivity contribution is 0.278. The van der Waals surface area contributed by atoms with E-state index in [0.29, 0.717) is 12.5 Å². The van der Waals surface area contributed by atoms with Crippen molar-refractivity contribution in [3.8, 4) is 0 Å². The van der Waals surface area contributed by atoms with Gasteiger partial charge in [-0.3, -0.25) is 0 Å². The number of nitrogens with one attached hydrogen (secondary N) is 1. The van der Waals surface area contributed by atoms with Crippen LogP contribution in [0.3, 0.4) is 0 Å². The standard InChI is InChI=1S/C9H13N5OS2/c1-13-3-2-4-14(8(13)11-12-15)6-7-5-10-9(16)17-7/h5H,2-4,6H2,1H3,(H,10,16)/b11-8+. The molecule has 2 heterocycles. The van der Waals surface area contributed by atoms with Crippen molar-refractivity contribution in [3.63, 3.8) is 0 Å². The van der Waals surface area contributed by atoms with E-state index in [1.54, 1.807) is 0 Å². The van der Waals surface area contributed by atoms with Crippen molar-refractivity contribution in [2.75, 3.05) is 20.1 Å². The Labute approximate surface area is 108 Å². The minimum absolute atomic E-state index is 0.630. The number of aromatic nitrogens is 1. The third kappa shape index (κ3) is 2.89. The van der Waals surface area contributed by atoms with Gasteiger partial charge in [0, 0.05) is 31.2 Å². The molecular formula is C9H13N5OS2. The fourth-order valence-corrected chi connectivity index (χ4v) is 2.92. The van der Waals surface area contributed by atoms with Crippen LogP contribution in [0.5, 0.6) is 0 Å². The lowest BCUT2D eigenvalue weighted by atomic mass is 10.3. The molecule has 1 aromatic rings. The van der Waals surface area contributed by atoms with Gasteiger partial charge in [-0.1, -0.05) is 5.10 Å². The molecule has 1 N–H and O–H groups in total. The maximum absolute atomic E-state index is 10.3. The number of thiazole rings is 1. The molecule has 0 aliphatic carbocycles. The van der Waals surface area contributed by atoms with Gasteiger partial charge in [-0.25, -0.2) is 0 Å². The van der Waals surface area contributed by atoms with E-state index in [-0.39, 0.29) is 0 Å². The largest absolute Gasteiger partial charge is 0.344 e. The van der Waals surface area contributed by atoms with Gasteiger partial charge in [0.15, 0.2) is 3.95 Å². The van der Waals surface area contributed by atoms with Crippen LogP contribution >= 0.6 is 23.6 Å². The average molecular weight is 271 g/mol. The maximum atomic E-state index is 10.3. The number of rotatable bonds is 3. The average Bonchev–Trinajstić information content (AvgIpc) is 2.69. The minimum Gasteiger partial charge on any atom is -0.344 e. The number of aromatic amines is 1. The van der Waals surface area contributed by atoms with Crippen LogP contribution in [0.25, 0.3) is 0 Å². The molecule has 92 valence electrons. The first-order valence-electron chi connectivity index (χ1n) is 5.24. The Kier molecular flexibility index (Phi) is 3.85. The molecule has 0 unspecified atom stereocenters. The Hall–Kier alpha value is -1.28. The van der Waals surface area contributed by atoms with E-state index >= 15 is 0 Å². The van der Waals surface area contributed by atoms with E-state index in [0.717, 1.165) is 28.3 Å². The smallest absolute Gasteiger partial charge is 0.225 e. The molecule has 8 heteroatoms. The second-order valence-electron chi connectivity index (χ2n) is 3.82. The summed E-state index contributed by atoms with van der Waals surface area (Å²) in [5, 5.41) is 6.29. The molecule has 6 nitrogen and oxygen atoms in total. The molecule has 0 atom stereocenters. The van der Waals surface area contributed by atoms with E-state index in [9.17, 15) is 4.91 Å². The van der Waals surface area contributed by atoms with Crippen LogP contribution < -0.4 is 0 Å². The van der Waals surface area contributed by atoms with Crippen molar-refractivity contribution in [2.45, 2.75) is 13.0 Å². The highest BCUT2D eigenvalue weighted by Crippen LogP contribution is 2.16. The number of hydrogen-bond acceptors (Lipinski definition) is 4. The van der Waals surface area contributed by atoms with Gasteiger partial charge in [0.1, 0.15) is 0 Å². The molecule has 0 aromatic carbocycles. The molecule has 1 aliphatic rings. The van der Waals surface area contributed by atoms with Crippen LogP contribution in [0.4, 0.5) is 0 Å². The topological polar surface area (TPSA) is 64.1 Å². The van der Waals surface area contributed by atoms with Crippen molar-refractivity contribution >= 4 is 29.5 Å². The number of nitroso groups, excluding NO2 is 1. The van der Waals surface area contributed by atoms with Crippen molar-refractivity contribution in [1.82, 2.24) is 14.8 Å². The zero-order valence-electron chi connectivity index (χ0n) is 9.42. The molecule has 0 bridgehead atoms. The number of nitrogens with zero attached hydrogens (tertiary/aromatic N) is 4. The van der Waals surface area contributed by atoms with Crippen LogP contribution in [-0.2, 0) is 6.54 Å². The lowest BCUT2D eigenvalue weighted by Crippen LogP contribution is -2.47. The van der Waals surface area contributed by atoms with E-state index in [1.165, 1.54) is 11.3 Å². The highest BCUT2D eigenvalue weighted by atomic mass is 32.1. The van der Waals surface area contributed by atoms with E-state index in [2.05, 4.69) is 15.4 Å². The number of H-pyrrole nitrogens is 1. The van der Waals surface area contributed by atoms with Crippen LogP contribution in [0.1, 0.15) is 11.3 Å².